The molecule has 2 aliphatic rings. The molecule has 1 spiro atoms. The summed E-state index contributed by atoms with van der Waals surface area (Å²) in [6, 6.07) is 0.612. The van der Waals surface area contributed by atoms with E-state index in [1.54, 1.807) is 0 Å². The third kappa shape index (κ3) is 3.37. The minimum atomic E-state index is 0.301. The van der Waals surface area contributed by atoms with Crippen molar-refractivity contribution in [1.29, 1.82) is 0 Å². The lowest BCUT2D eigenvalue weighted by molar-refractivity contribution is -0.0330. The molecule has 3 heteroatoms. The number of rotatable bonds is 5. The van der Waals surface area contributed by atoms with Crippen molar-refractivity contribution in [3.05, 3.63) is 0 Å². The van der Waals surface area contributed by atoms with Crippen molar-refractivity contribution in [1.82, 2.24) is 10.2 Å². The predicted molar refractivity (Wildman–Crippen MR) is 85.2 cm³/mol. The molecule has 20 heavy (non-hydrogen) atoms. The van der Waals surface area contributed by atoms with Gasteiger partial charge in [0.25, 0.3) is 0 Å². The first-order valence-corrected chi connectivity index (χ1v) is 8.56. The van der Waals surface area contributed by atoms with Crippen LogP contribution in [-0.4, -0.2) is 48.8 Å². The molecule has 0 aromatic carbocycles. The zero-order chi connectivity index (χ0) is 14.6. The number of nitrogens with zero attached hydrogens (tertiary/aromatic N) is 1. The van der Waals surface area contributed by atoms with E-state index in [4.69, 9.17) is 4.74 Å². The Morgan fingerprint density at radius 3 is 2.55 bits per heavy atom. The second kappa shape index (κ2) is 6.76. The van der Waals surface area contributed by atoms with Crippen molar-refractivity contribution >= 4 is 0 Å². The first-order valence-electron chi connectivity index (χ1n) is 8.56. The highest BCUT2D eigenvalue weighted by Gasteiger charge is 2.45. The molecule has 1 saturated heterocycles. The lowest BCUT2D eigenvalue weighted by Gasteiger charge is -2.56. The average Bonchev–Trinajstić information content (AvgIpc) is 2.48. The topological polar surface area (TPSA) is 24.5 Å². The summed E-state index contributed by atoms with van der Waals surface area (Å²) in [5.74, 6) is 0. The fraction of sp³-hybridized carbons (Fsp3) is 1.00. The van der Waals surface area contributed by atoms with Crippen LogP contribution in [0.25, 0.3) is 0 Å². The predicted octanol–water partition coefficient (Wildman–Crippen LogP) is 3.19. The second-order valence-electron chi connectivity index (χ2n) is 7.30. The molecular weight excluding hydrogens is 248 g/mol. The monoisotopic (exact) mass is 282 g/mol. The van der Waals surface area contributed by atoms with Gasteiger partial charge in [-0.2, -0.15) is 0 Å². The van der Waals surface area contributed by atoms with Gasteiger partial charge in [0.15, 0.2) is 0 Å². The fourth-order valence-electron chi connectivity index (χ4n) is 4.08. The van der Waals surface area contributed by atoms with Gasteiger partial charge in [0.2, 0.25) is 0 Å². The molecule has 1 N–H and O–H groups in total. The Morgan fingerprint density at radius 1 is 1.25 bits per heavy atom. The molecule has 1 heterocycles. The smallest absolute Gasteiger partial charge is 0.0477 e. The highest BCUT2D eigenvalue weighted by Crippen LogP contribution is 2.37. The first kappa shape index (κ1) is 16.3. The van der Waals surface area contributed by atoms with Gasteiger partial charge in [0.05, 0.1) is 0 Å². The van der Waals surface area contributed by atoms with E-state index in [-0.39, 0.29) is 0 Å². The molecule has 2 fully saturated rings. The Hall–Kier alpha value is -0.120. The maximum Gasteiger partial charge on any atom is 0.0477 e. The van der Waals surface area contributed by atoms with E-state index in [2.05, 4.69) is 31.0 Å². The van der Waals surface area contributed by atoms with Crippen LogP contribution in [0.4, 0.5) is 0 Å². The van der Waals surface area contributed by atoms with Crippen LogP contribution in [0.2, 0.25) is 0 Å². The fourth-order valence-corrected chi connectivity index (χ4v) is 4.08. The Kier molecular flexibility index (Phi) is 5.49. The van der Waals surface area contributed by atoms with Gasteiger partial charge in [-0.05, 0) is 39.5 Å². The zero-order valence-corrected chi connectivity index (χ0v) is 14.0. The Labute approximate surface area is 125 Å². The van der Waals surface area contributed by atoms with Crippen LogP contribution in [0.1, 0.15) is 65.7 Å². The summed E-state index contributed by atoms with van der Waals surface area (Å²) in [4.78, 5) is 2.79. The summed E-state index contributed by atoms with van der Waals surface area (Å²) in [5, 5.41) is 3.94. The molecule has 2 rings (SSSR count). The van der Waals surface area contributed by atoms with E-state index < -0.39 is 0 Å². The van der Waals surface area contributed by atoms with Gasteiger partial charge in [-0.25, -0.2) is 0 Å². The van der Waals surface area contributed by atoms with Gasteiger partial charge in [-0.1, -0.05) is 26.2 Å². The SMILES string of the molecule is CCC1(C)CNC2(CCCCC2)CN1C(C)CCOC. The molecule has 0 radical (unpaired) electrons. The Balaban J connectivity index is 2.09. The number of nitrogens with one attached hydrogen (secondary N) is 1. The third-order valence-electron chi connectivity index (χ3n) is 5.85. The highest BCUT2D eigenvalue weighted by atomic mass is 16.5. The van der Waals surface area contributed by atoms with E-state index >= 15 is 0 Å². The Bertz CT molecular complexity index is 301. The quantitative estimate of drug-likeness (QED) is 0.838. The van der Waals surface area contributed by atoms with Gasteiger partial charge in [-0.3, -0.25) is 4.90 Å². The van der Waals surface area contributed by atoms with Crippen molar-refractivity contribution in [3.63, 3.8) is 0 Å². The molecule has 0 aromatic heterocycles. The molecule has 2 atom stereocenters. The van der Waals surface area contributed by atoms with E-state index in [1.807, 2.05) is 7.11 Å². The van der Waals surface area contributed by atoms with Gasteiger partial charge in [0.1, 0.15) is 0 Å². The van der Waals surface area contributed by atoms with Crippen LogP contribution in [0, 0.1) is 0 Å². The molecule has 3 nitrogen and oxygen atoms in total. The van der Waals surface area contributed by atoms with E-state index in [9.17, 15) is 0 Å². The van der Waals surface area contributed by atoms with Gasteiger partial charge >= 0.3 is 0 Å². The third-order valence-corrected chi connectivity index (χ3v) is 5.85. The molecule has 0 amide bonds. The van der Waals surface area contributed by atoms with E-state index in [0.717, 1.165) is 19.6 Å². The van der Waals surface area contributed by atoms with Crippen molar-refractivity contribution < 1.29 is 4.74 Å². The van der Waals surface area contributed by atoms with Gasteiger partial charge in [-0.15, -0.1) is 0 Å². The van der Waals surface area contributed by atoms with E-state index in [1.165, 1.54) is 45.1 Å². The van der Waals surface area contributed by atoms with Gasteiger partial charge in [0, 0.05) is 43.9 Å². The van der Waals surface area contributed by atoms with Crippen molar-refractivity contribution in [3.8, 4) is 0 Å². The summed E-state index contributed by atoms with van der Waals surface area (Å²) in [6.07, 6.45) is 9.30. The van der Waals surface area contributed by atoms with Crippen LogP contribution in [-0.2, 0) is 4.74 Å². The van der Waals surface area contributed by atoms with Crippen molar-refractivity contribution in [2.45, 2.75) is 82.8 Å². The average molecular weight is 282 g/mol. The summed E-state index contributed by atoms with van der Waals surface area (Å²) >= 11 is 0. The van der Waals surface area contributed by atoms with Crippen LogP contribution >= 0.6 is 0 Å². The Morgan fingerprint density at radius 2 is 1.95 bits per heavy atom. The molecule has 1 saturated carbocycles. The number of methoxy groups -OCH3 is 1. The molecule has 1 aliphatic carbocycles. The number of hydrogen-bond acceptors (Lipinski definition) is 3. The normalized spacial score (nSPS) is 32.4. The standard InChI is InChI=1S/C17H34N2O/c1-5-16(3)13-18-17(10-7-6-8-11-17)14-19(16)15(2)9-12-20-4/h15,18H,5-14H2,1-4H3. The van der Waals surface area contributed by atoms with Crippen molar-refractivity contribution in [2.75, 3.05) is 26.8 Å². The summed E-state index contributed by atoms with van der Waals surface area (Å²) < 4.78 is 5.30. The van der Waals surface area contributed by atoms with Crippen LogP contribution in [0.5, 0.6) is 0 Å². The summed E-state index contributed by atoms with van der Waals surface area (Å²) in [7, 11) is 1.81. The minimum absolute atomic E-state index is 0.301. The number of ether oxygens (including phenoxy) is 1. The summed E-state index contributed by atoms with van der Waals surface area (Å²) in [6.45, 7) is 10.4. The lowest BCUT2D eigenvalue weighted by atomic mass is 9.76. The molecule has 1 aliphatic heterocycles. The minimum Gasteiger partial charge on any atom is -0.385 e. The molecule has 0 aromatic rings. The molecule has 2 unspecified atom stereocenters. The molecule has 118 valence electrons. The number of hydrogen-bond donors (Lipinski definition) is 1. The largest absolute Gasteiger partial charge is 0.385 e. The van der Waals surface area contributed by atoms with Crippen LogP contribution in [0.3, 0.4) is 0 Å². The van der Waals surface area contributed by atoms with Crippen molar-refractivity contribution in [2.24, 2.45) is 0 Å². The summed E-state index contributed by atoms with van der Waals surface area (Å²) in [5.41, 5.74) is 0.699. The number of piperazine rings is 1. The maximum atomic E-state index is 5.30. The molecular formula is C17H34N2O. The highest BCUT2D eigenvalue weighted by molar-refractivity contribution is 5.05. The van der Waals surface area contributed by atoms with E-state index in [0.29, 0.717) is 17.1 Å². The molecule has 0 bridgehead atoms. The van der Waals surface area contributed by atoms with Crippen LogP contribution in [0.15, 0.2) is 0 Å². The zero-order valence-electron chi connectivity index (χ0n) is 14.0. The second-order valence-corrected chi connectivity index (χ2v) is 7.30. The first-order chi connectivity index (χ1) is 9.55. The maximum absolute atomic E-state index is 5.30. The van der Waals surface area contributed by atoms with Crippen LogP contribution < -0.4 is 5.32 Å². The van der Waals surface area contributed by atoms with Gasteiger partial charge < -0.3 is 10.1 Å². The lowest BCUT2D eigenvalue weighted by Crippen LogP contribution is -2.71.